The number of hydrogen-bond acceptors (Lipinski definition) is 3. The van der Waals surface area contributed by atoms with Gasteiger partial charge in [-0.3, -0.25) is 10.1 Å². The lowest BCUT2D eigenvalue weighted by Crippen LogP contribution is -2.09. The van der Waals surface area contributed by atoms with E-state index in [4.69, 9.17) is 16.3 Å². The molecule has 1 aromatic rings. The minimum Gasteiger partial charge on any atom is -0.486 e. The van der Waals surface area contributed by atoms with Crippen LogP contribution < -0.4 is 4.74 Å². The normalized spacial score (nSPS) is 16.1. The molecule has 1 aliphatic rings. The van der Waals surface area contributed by atoms with Crippen LogP contribution in [-0.4, -0.2) is 11.5 Å². The van der Waals surface area contributed by atoms with Crippen LogP contribution in [0, 0.1) is 16.0 Å². The van der Waals surface area contributed by atoms with Crippen molar-refractivity contribution in [1.82, 2.24) is 0 Å². The highest BCUT2D eigenvalue weighted by molar-refractivity contribution is 6.32. The maximum Gasteiger partial charge on any atom is 0.329 e. The Morgan fingerprint density at radius 3 is 2.76 bits per heavy atom. The molecule has 0 radical (unpaired) electrons. The van der Waals surface area contributed by atoms with Crippen LogP contribution in [-0.2, 0) is 0 Å². The van der Waals surface area contributed by atoms with Gasteiger partial charge in [-0.05, 0) is 30.9 Å². The van der Waals surface area contributed by atoms with Crippen LogP contribution >= 0.6 is 11.6 Å². The molecule has 92 valence electrons. The van der Waals surface area contributed by atoms with Crippen molar-refractivity contribution in [2.45, 2.75) is 25.7 Å². The number of rotatable bonds is 4. The van der Waals surface area contributed by atoms with E-state index in [0.29, 0.717) is 12.5 Å². The second-order valence-corrected chi connectivity index (χ2v) is 4.71. The lowest BCUT2D eigenvalue weighted by atomic mass is 10.1. The predicted octanol–water partition coefficient (Wildman–Crippen LogP) is 3.82. The second-order valence-electron chi connectivity index (χ2n) is 4.31. The summed E-state index contributed by atoms with van der Waals surface area (Å²) in [4.78, 5) is 10.4. The molecule has 4 nitrogen and oxygen atoms in total. The van der Waals surface area contributed by atoms with Gasteiger partial charge in [0, 0.05) is 0 Å². The van der Waals surface area contributed by atoms with Gasteiger partial charge in [0.15, 0.2) is 5.75 Å². The van der Waals surface area contributed by atoms with E-state index >= 15 is 0 Å². The fourth-order valence-electron chi connectivity index (χ4n) is 2.17. The average molecular weight is 256 g/mol. The highest BCUT2D eigenvalue weighted by Gasteiger charge is 2.22. The molecule has 2 rings (SSSR count). The van der Waals surface area contributed by atoms with Gasteiger partial charge in [0.2, 0.25) is 0 Å². The van der Waals surface area contributed by atoms with Crippen LogP contribution in [0.4, 0.5) is 5.69 Å². The number of benzene rings is 1. The van der Waals surface area contributed by atoms with Crippen LogP contribution in [0.15, 0.2) is 18.2 Å². The number of hydrogen-bond donors (Lipinski definition) is 0. The first-order valence-corrected chi connectivity index (χ1v) is 6.12. The molecule has 17 heavy (non-hydrogen) atoms. The molecule has 0 bridgehead atoms. The fourth-order valence-corrected chi connectivity index (χ4v) is 2.41. The molecule has 0 unspecified atom stereocenters. The van der Waals surface area contributed by atoms with Crippen molar-refractivity contribution in [1.29, 1.82) is 0 Å². The summed E-state index contributed by atoms with van der Waals surface area (Å²) in [6.07, 6.45) is 4.75. The van der Waals surface area contributed by atoms with E-state index in [-0.39, 0.29) is 16.5 Å². The van der Waals surface area contributed by atoms with Crippen molar-refractivity contribution in [2.24, 2.45) is 5.92 Å². The van der Waals surface area contributed by atoms with Crippen molar-refractivity contribution in [3.63, 3.8) is 0 Å². The fraction of sp³-hybridized carbons (Fsp3) is 0.500. The summed E-state index contributed by atoms with van der Waals surface area (Å²) in [5, 5.41) is 11.0. The number of halogens is 1. The van der Waals surface area contributed by atoms with E-state index in [2.05, 4.69) is 0 Å². The molecular formula is C12H14ClNO3. The van der Waals surface area contributed by atoms with Crippen LogP contribution in [0.1, 0.15) is 25.7 Å². The predicted molar refractivity (Wildman–Crippen MR) is 65.6 cm³/mol. The first kappa shape index (κ1) is 12.2. The Hall–Kier alpha value is -1.29. The zero-order valence-corrected chi connectivity index (χ0v) is 10.2. The Kier molecular flexibility index (Phi) is 3.84. The largest absolute Gasteiger partial charge is 0.486 e. The van der Waals surface area contributed by atoms with Crippen LogP contribution in [0.2, 0.25) is 5.02 Å². The molecule has 0 spiro atoms. The summed E-state index contributed by atoms with van der Waals surface area (Å²) in [6.45, 7) is 0.543. The van der Waals surface area contributed by atoms with Gasteiger partial charge in [0.05, 0.1) is 11.5 Å². The molecule has 0 heterocycles. The van der Waals surface area contributed by atoms with Crippen LogP contribution in [0.25, 0.3) is 0 Å². The minimum atomic E-state index is -0.494. The Bertz CT molecular complexity index is 416. The van der Waals surface area contributed by atoms with Gasteiger partial charge in [0.25, 0.3) is 0 Å². The first-order valence-electron chi connectivity index (χ1n) is 5.74. The number of nitro benzene ring substituents is 1. The van der Waals surface area contributed by atoms with Gasteiger partial charge in [-0.25, -0.2) is 0 Å². The topological polar surface area (TPSA) is 52.4 Å². The molecule has 1 aromatic carbocycles. The molecule has 0 aromatic heterocycles. The molecule has 0 saturated heterocycles. The molecule has 0 N–H and O–H groups in total. The van der Waals surface area contributed by atoms with Gasteiger partial charge in [-0.1, -0.05) is 30.5 Å². The number of nitrogens with zero attached hydrogens (tertiary/aromatic N) is 1. The summed E-state index contributed by atoms with van der Waals surface area (Å²) >= 11 is 5.80. The first-order chi connectivity index (χ1) is 8.18. The van der Waals surface area contributed by atoms with Gasteiger partial charge in [0.1, 0.15) is 5.02 Å². The Labute approximate surface area is 105 Å². The molecular weight excluding hydrogens is 242 g/mol. The summed E-state index contributed by atoms with van der Waals surface area (Å²) in [6, 6.07) is 4.76. The maximum atomic E-state index is 10.9. The minimum absolute atomic E-state index is 0.124. The monoisotopic (exact) mass is 255 g/mol. The van der Waals surface area contributed by atoms with Crippen molar-refractivity contribution in [3.05, 3.63) is 33.3 Å². The molecule has 5 heteroatoms. The number of para-hydroxylation sites is 1. The van der Waals surface area contributed by atoms with E-state index in [1.165, 1.54) is 18.9 Å². The number of ether oxygens (including phenoxy) is 1. The van der Waals surface area contributed by atoms with E-state index in [9.17, 15) is 10.1 Å². The Balaban J connectivity index is 2.09. The smallest absolute Gasteiger partial charge is 0.329 e. The average Bonchev–Trinajstić information content (AvgIpc) is 2.78. The van der Waals surface area contributed by atoms with E-state index in [1.807, 2.05) is 0 Å². The maximum absolute atomic E-state index is 10.9. The lowest BCUT2D eigenvalue weighted by Gasteiger charge is -2.11. The summed E-state index contributed by atoms with van der Waals surface area (Å²) in [5.74, 6) is 0.794. The zero-order valence-electron chi connectivity index (χ0n) is 9.39. The molecule has 0 aliphatic heterocycles. The highest BCUT2D eigenvalue weighted by atomic mass is 35.5. The second kappa shape index (κ2) is 5.36. The third-order valence-electron chi connectivity index (χ3n) is 3.08. The van der Waals surface area contributed by atoms with E-state index in [1.54, 1.807) is 12.1 Å². The van der Waals surface area contributed by atoms with Crippen LogP contribution in [0.3, 0.4) is 0 Å². The Morgan fingerprint density at radius 2 is 2.12 bits per heavy atom. The number of nitro groups is 1. The van der Waals surface area contributed by atoms with Gasteiger partial charge in [-0.15, -0.1) is 0 Å². The zero-order chi connectivity index (χ0) is 12.3. The molecule has 0 amide bonds. The van der Waals surface area contributed by atoms with Gasteiger partial charge in [-0.2, -0.15) is 0 Å². The SMILES string of the molecule is O=[N+]([O-])c1c(Cl)cccc1OCC1CCCC1. The highest BCUT2D eigenvalue weighted by Crippen LogP contribution is 2.35. The standard InChI is InChI=1S/C12H14ClNO3/c13-10-6-3-7-11(12(10)14(15)16)17-8-9-4-1-2-5-9/h3,6-7,9H,1-2,4-5,8H2. The van der Waals surface area contributed by atoms with E-state index < -0.39 is 4.92 Å². The quantitative estimate of drug-likeness (QED) is 0.607. The van der Waals surface area contributed by atoms with Crippen LogP contribution in [0.5, 0.6) is 5.75 Å². The Morgan fingerprint density at radius 1 is 1.41 bits per heavy atom. The lowest BCUT2D eigenvalue weighted by molar-refractivity contribution is -0.385. The van der Waals surface area contributed by atoms with Gasteiger partial charge >= 0.3 is 5.69 Å². The molecule has 0 atom stereocenters. The molecule has 1 fully saturated rings. The third kappa shape index (κ3) is 2.88. The molecule has 1 aliphatic carbocycles. The third-order valence-corrected chi connectivity index (χ3v) is 3.39. The van der Waals surface area contributed by atoms with Crippen molar-refractivity contribution in [2.75, 3.05) is 6.61 Å². The summed E-state index contributed by atoms with van der Waals surface area (Å²) < 4.78 is 5.54. The summed E-state index contributed by atoms with van der Waals surface area (Å²) in [5.41, 5.74) is -0.132. The summed E-state index contributed by atoms with van der Waals surface area (Å²) in [7, 11) is 0. The van der Waals surface area contributed by atoms with Gasteiger partial charge < -0.3 is 4.74 Å². The molecule has 1 saturated carbocycles. The van der Waals surface area contributed by atoms with Crippen molar-refractivity contribution >= 4 is 17.3 Å². The van der Waals surface area contributed by atoms with Crippen molar-refractivity contribution < 1.29 is 9.66 Å². The van der Waals surface area contributed by atoms with E-state index in [0.717, 1.165) is 12.8 Å². The van der Waals surface area contributed by atoms with Crippen molar-refractivity contribution in [3.8, 4) is 5.75 Å².